The highest BCUT2D eigenvalue weighted by atomic mass is 16.5. The third-order valence-corrected chi connectivity index (χ3v) is 3.30. The van der Waals surface area contributed by atoms with Gasteiger partial charge in [-0.3, -0.25) is 9.13 Å². The molecule has 0 saturated carbocycles. The summed E-state index contributed by atoms with van der Waals surface area (Å²) in [6, 6.07) is 9.26. The lowest BCUT2D eigenvalue weighted by atomic mass is 10.1. The normalized spacial score (nSPS) is 11.2. The Hall–Kier alpha value is -2.76. The van der Waals surface area contributed by atoms with Crippen molar-refractivity contribution in [3.05, 3.63) is 53.2 Å². The zero-order valence-corrected chi connectivity index (χ0v) is 11.9. The summed E-state index contributed by atoms with van der Waals surface area (Å²) < 4.78 is 8.43. The molecule has 6 heteroatoms. The van der Waals surface area contributed by atoms with Crippen molar-refractivity contribution in [2.24, 2.45) is 0 Å². The first kappa shape index (κ1) is 13.2. The fourth-order valence-electron chi connectivity index (χ4n) is 2.21. The Labute approximate surface area is 121 Å². The average Bonchev–Trinajstić information content (AvgIpc) is 3.05. The van der Waals surface area contributed by atoms with Crippen LogP contribution < -0.4 is 11.4 Å². The van der Waals surface area contributed by atoms with Gasteiger partial charge in [-0.05, 0) is 26.0 Å². The molecule has 108 valence electrons. The van der Waals surface area contributed by atoms with Gasteiger partial charge >= 0.3 is 5.69 Å². The van der Waals surface area contributed by atoms with Gasteiger partial charge in [0.1, 0.15) is 0 Å². The summed E-state index contributed by atoms with van der Waals surface area (Å²) in [7, 11) is 0. The molecule has 2 heterocycles. The summed E-state index contributed by atoms with van der Waals surface area (Å²) in [5.41, 5.74) is 7.08. The number of imidazole rings is 1. The Morgan fingerprint density at radius 3 is 2.67 bits per heavy atom. The maximum absolute atomic E-state index is 12.3. The Morgan fingerprint density at radius 1 is 1.24 bits per heavy atom. The highest BCUT2D eigenvalue weighted by Crippen LogP contribution is 2.23. The molecule has 2 N–H and O–H groups in total. The Kier molecular flexibility index (Phi) is 3.13. The van der Waals surface area contributed by atoms with E-state index in [-0.39, 0.29) is 11.7 Å². The molecule has 21 heavy (non-hydrogen) atoms. The highest BCUT2D eigenvalue weighted by Gasteiger charge is 2.10. The van der Waals surface area contributed by atoms with Gasteiger partial charge in [-0.15, -0.1) is 0 Å². The monoisotopic (exact) mass is 284 g/mol. The van der Waals surface area contributed by atoms with E-state index in [1.165, 1.54) is 0 Å². The number of nitrogens with zero attached hydrogens (tertiary/aromatic N) is 3. The molecule has 0 atom stereocenters. The topological polar surface area (TPSA) is 79.0 Å². The van der Waals surface area contributed by atoms with Crippen molar-refractivity contribution < 1.29 is 4.52 Å². The molecule has 0 unspecified atom stereocenters. The first-order valence-electron chi connectivity index (χ1n) is 6.69. The first-order chi connectivity index (χ1) is 10.1. The predicted molar refractivity (Wildman–Crippen MR) is 80.3 cm³/mol. The van der Waals surface area contributed by atoms with Crippen molar-refractivity contribution in [1.29, 1.82) is 0 Å². The minimum atomic E-state index is -0.0702. The zero-order valence-electron chi connectivity index (χ0n) is 11.9. The number of hydrogen-bond donors (Lipinski definition) is 1. The smallest absolute Gasteiger partial charge is 0.332 e. The molecule has 3 rings (SSSR count). The van der Waals surface area contributed by atoms with Crippen LogP contribution in [0, 0.1) is 0 Å². The Morgan fingerprint density at radius 2 is 2.05 bits per heavy atom. The second kappa shape index (κ2) is 4.97. The average molecular weight is 284 g/mol. The largest absolute Gasteiger partial charge is 0.381 e. The van der Waals surface area contributed by atoms with E-state index in [1.54, 1.807) is 27.6 Å². The molecule has 0 aliphatic rings. The number of hydrogen-bond acceptors (Lipinski definition) is 4. The standard InChI is InChI=1S/C15H16N4O2/c1-10(2)18-6-7-19(15(18)20)12-5-3-4-11(8-12)13-9-14(16)17-21-13/h3-10H,1-2H3,(H2,16,17). The van der Waals surface area contributed by atoms with Gasteiger partial charge in [0, 0.05) is 30.1 Å². The van der Waals surface area contributed by atoms with Crippen LogP contribution in [0.4, 0.5) is 5.82 Å². The van der Waals surface area contributed by atoms with E-state index in [0.29, 0.717) is 11.6 Å². The Balaban J connectivity index is 2.06. The molecule has 2 aromatic heterocycles. The summed E-state index contributed by atoms with van der Waals surface area (Å²) in [6.07, 6.45) is 3.54. The minimum absolute atomic E-state index is 0.0702. The van der Waals surface area contributed by atoms with Gasteiger partial charge in [0.15, 0.2) is 11.6 Å². The van der Waals surface area contributed by atoms with E-state index in [4.69, 9.17) is 10.3 Å². The third-order valence-electron chi connectivity index (χ3n) is 3.30. The molecular formula is C15H16N4O2. The summed E-state index contributed by atoms with van der Waals surface area (Å²) in [6.45, 7) is 3.94. The molecule has 0 aliphatic heterocycles. The maximum atomic E-state index is 12.3. The minimum Gasteiger partial charge on any atom is -0.381 e. The van der Waals surface area contributed by atoms with Crippen LogP contribution >= 0.6 is 0 Å². The predicted octanol–water partition coefficient (Wildman–Crippen LogP) is 2.46. The molecule has 0 spiro atoms. The molecule has 0 aliphatic carbocycles. The van der Waals surface area contributed by atoms with Crippen molar-refractivity contribution in [1.82, 2.24) is 14.3 Å². The fraction of sp³-hybridized carbons (Fsp3) is 0.200. The molecule has 1 aromatic carbocycles. The Bertz CT molecular complexity index is 826. The van der Waals surface area contributed by atoms with E-state index < -0.39 is 0 Å². The molecule has 0 saturated heterocycles. The summed E-state index contributed by atoms with van der Waals surface area (Å²) >= 11 is 0. The van der Waals surface area contributed by atoms with E-state index in [2.05, 4.69) is 5.16 Å². The molecular weight excluding hydrogens is 268 g/mol. The quantitative estimate of drug-likeness (QED) is 0.801. The van der Waals surface area contributed by atoms with Crippen LogP contribution in [0.1, 0.15) is 19.9 Å². The first-order valence-corrected chi connectivity index (χ1v) is 6.69. The molecule has 0 radical (unpaired) electrons. The van der Waals surface area contributed by atoms with E-state index >= 15 is 0 Å². The van der Waals surface area contributed by atoms with Gasteiger partial charge in [0.2, 0.25) is 0 Å². The van der Waals surface area contributed by atoms with E-state index in [9.17, 15) is 4.79 Å². The van der Waals surface area contributed by atoms with Crippen LogP contribution in [0.15, 0.2) is 52.0 Å². The van der Waals surface area contributed by atoms with Crippen molar-refractivity contribution in [3.8, 4) is 17.0 Å². The number of anilines is 1. The molecule has 0 fully saturated rings. The van der Waals surface area contributed by atoms with Crippen molar-refractivity contribution in [2.45, 2.75) is 19.9 Å². The van der Waals surface area contributed by atoms with E-state index in [1.807, 2.05) is 38.1 Å². The van der Waals surface area contributed by atoms with Gasteiger partial charge in [0.05, 0.1) is 5.69 Å². The lowest BCUT2D eigenvalue weighted by Crippen LogP contribution is -2.24. The van der Waals surface area contributed by atoms with Crippen molar-refractivity contribution in [2.75, 3.05) is 5.73 Å². The summed E-state index contributed by atoms with van der Waals surface area (Å²) in [4.78, 5) is 12.3. The van der Waals surface area contributed by atoms with Gasteiger partial charge < -0.3 is 10.3 Å². The van der Waals surface area contributed by atoms with Gasteiger partial charge in [-0.1, -0.05) is 17.3 Å². The molecule has 3 aromatic rings. The van der Waals surface area contributed by atoms with Crippen LogP contribution in [0.25, 0.3) is 17.0 Å². The lowest BCUT2D eigenvalue weighted by Gasteiger charge is -2.06. The third kappa shape index (κ3) is 2.35. The fourth-order valence-corrected chi connectivity index (χ4v) is 2.21. The molecule has 6 nitrogen and oxygen atoms in total. The maximum Gasteiger partial charge on any atom is 0.332 e. The number of aromatic nitrogens is 3. The lowest BCUT2D eigenvalue weighted by molar-refractivity contribution is 0.436. The van der Waals surface area contributed by atoms with Crippen LogP contribution in [-0.2, 0) is 0 Å². The van der Waals surface area contributed by atoms with Crippen LogP contribution in [0.2, 0.25) is 0 Å². The van der Waals surface area contributed by atoms with Crippen molar-refractivity contribution >= 4 is 5.82 Å². The van der Waals surface area contributed by atoms with E-state index in [0.717, 1.165) is 11.3 Å². The van der Waals surface area contributed by atoms with Crippen LogP contribution in [0.3, 0.4) is 0 Å². The van der Waals surface area contributed by atoms with Crippen LogP contribution in [-0.4, -0.2) is 14.3 Å². The summed E-state index contributed by atoms with van der Waals surface area (Å²) in [5.74, 6) is 0.907. The number of nitrogens with two attached hydrogens (primary N) is 1. The van der Waals surface area contributed by atoms with Gasteiger partial charge in [-0.2, -0.15) is 0 Å². The second-order valence-corrected chi connectivity index (χ2v) is 5.12. The SMILES string of the molecule is CC(C)n1ccn(-c2cccc(-c3cc(N)no3)c2)c1=O. The molecule has 0 bridgehead atoms. The number of nitrogen functional groups attached to an aromatic ring is 1. The van der Waals surface area contributed by atoms with Gasteiger partial charge in [0.25, 0.3) is 0 Å². The summed E-state index contributed by atoms with van der Waals surface area (Å²) in [5, 5.41) is 3.67. The number of benzene rings is 1. The second-order valence-electron chi connectivity index (χ2n) is 5.12. The van der Waals surface area contributed by atoms with Gasteiger partial charge in [-0.25, -0.2) is 4.79 Å². The number of rotatable bonds is 3. The molecule has 0 amide bonds. The van der Waals surface area contributed by atoms with Crippen LogP contribution in [0.5, 0.6) is 0 Å². The highest BCUT2D eigenvalue weighted by molar-refractivity contribution is 5.62. The van der Waals surface area contributed by atoms with Crippen molar-refractivity contribution in [3.63, 3.8) is 0 Å². The zero-order chi connectivity index (χ0) is 15.0.